The summed E-state index contributed by atoms with van der Waals surface area (Å²) in [5, 5.41) is 8.87. The average molecular weight is 217 g/mol. The minimum absolute atomic E-state index is 0.243. The Balaban J connectivity index is 2.68. The molecular formula is C13H15NO2. The average Bonchev–Trinajstić information content (AvgIpc) is 2.24. The highest BCUT2D eigenvalue weighted by molar-refractivity contribution is 5.87. The zero-order chi connectivity index (χ0) is 12.0. The summed E-state index contributed by atoms with van der Waals surface area (Å²) in [6.07, 6.45) is 4.02. The third-order valence-corrected chi connectivity index (χ3v) is 2.17. The molecule has 0 aliphatic rings. The lowest BCUT2D eigenvalue weighted by atomic mass is 10.1. The Labute approximate surface area is 94.9 Å². The minimum Gasteiger partial charge on any atom is -0.478 e. The third kappa shape index (κ3) is 3.61. The van der Waals surface area contributed by atoms with E-state index in [1.165, 1.54) is 0 Å². The molecule has 1 rings (SSSR count). The molecule has 0 unspecified atom stereocenters. The second-order valence-corrected chi connectivity index (χ2v) is 3.48. The van der Waals surface area contributed by atoms with E-state index in [0.717, 1.165) is 5.56 Å². The molecule has 3 heteroatoms. The van der Waals surface area contributed by atoms with Gasteiger partial charge in [-0.05, 0) is 18.9 Å². The van der Waals surface area contributed by atoms with Crippen LogP contribution in [0.15, 0.2) is 47.7 Å². The first-order chi connectivity index (χ1) is 7.61. The third-order valence-electron chi connectivity index (χ3n) is 2.17. The van der Waals surface area contributed by atoms with Crippen molar-refractivity contribution in [1.82, 2.24) is 0 Å². The molecule has 0 fully saturated rings. The van der Waals surface area contributed by atoms with Gasteiger partial charge in [-0.2, -0.15) is 0 Å². The van der Waals surface area contributed by atoms with Crippen LogP contribution in [-0.4, -0.2) is 11.1 Å². The van der Waals surface area contributed by atoms with Crippen molar-refractivity contribution in [2.75, 3.05) is 0 Å². The normalized spacial score (nSPS) is 12.6. The van der Waals surface area contributed by atoms with E-state index >= 15 is 0 Å². The number of benzene rings is 1. The largest absolute Gasteiger partial charge is 0.478 e. The molecule has 0 saturated carbocycles. The standard InChI is InChI=1S/C13H15NO2/c1-10(14)12(13(15)16)9-5-8-11-6-3-2-4-7-11/h2-8H,9,14H2,1H3,(H,15,16)/b8-5+,12-10-. The first kappa shape index (κ1) is 12.0. The van der Waals surface area contributed by atoms with E-state index in [9.17, 15) is 4.79 Å². The van der Waals surface area contributed by atoms with Crippen LogP contribution in [0.2, 0.25) is 0 Å². The Morgan fingerprint density at radius 1 is 1.38 bits per heavy atom. The van der Waals surface area contributed by atoms with Crippen molar-refractivity contribution in [2.24, 2.45) is 5.73 Å². The molecule has 1 aromatic carbocycles. The van der Waals surface area contributed by atoms with Gasteiger partial charge in [-0.25, -0.2) is 4.79 Å². The van der Waals surface area contributed by atoms with Crippen LogP contribution >= 0.6 is 0 Å². The molecular weight excluding hydrogens is 202 g/mol. The van der Waals surface area contributed by atoms with Crippen molar-refractivity contribution < 1.29 is 9.90 Å². The predicted molar refractivity (Wildman–Crippen MR) is 64.6 cm³/mol. The van der Waals surface area contributed by atoms with Crippen molar-refractivity contribution in [2.45, 2.75) is 13.3 Å². The molecule has 3 N–H and O–H groups in total. The molecule has 16 heavy (non-hydrogen) atoms. The number of rotatable bonds is 4. The second kappa shape index (κ2) is 5.75. The number of hydrogen-bond acceptors (Lipinski definition) is 2. The fraction of sp³-hybridized carbons (Fsp3) is 0.154. The summed E-state index contributed by atoms with van der Waals surface area (Å²) in [6.45, 7) is 1.60. The number of carboxylic acids is 1. The van der Waals surface area contributed by atoms with Crippen molar-refractivity contribution >= 4 is 12.0 Å². The number of carbonyl (C=O) groups is 1. The van der Waals surface area contributed by atoms with Gasteiger partial charge in [0.15, 0.2) is 0 Å². The molecule has 84 valence electrons. The second-order valence-electron chi connectivity index (χ2n) is 3.48. The fourth-order valence-corrected chi connectivity index (χ4v) is 1.29. The van der Waals surface area contributed by atoms with Gasteiger partial charge < -0.3 is 10.8 Å². The van der Waals surface area contributed by atoms with Crippen LogP contribution < -0.4 is 5.73 Å². The first-order valence-corrected chi connectivity index (χ1v) is 5.01. The lowest BCUT2D eigenvalue weighted by molar-refractivity contribution is -0.132. The summed E-state index contributed by atoms with van der Waals surface area (Å²) in [6, 6.07) is 9.71. The van der Waals surface area contributed by atoms with Crippen molar-refractivity contribution in [3.05, 3.63) is 53.2 Å². The molecule has 0 atom stereocenters. The summed E-state index contributed by atoms with van der Waals surface area (Å²) in [5.41, 5.74) is 7.12. The number of hydrogen-bond donors (Lipinski definition) is 2. The maximum absolute atomic E-state index is 10.8. The highest BCUT2D eigenvalue weighted by Gasteiger charge is 2.06. The van der Waals surface area contributed by atoms with Crippen LogP contribution in [0.1, 0.15) is 18.9 Å². The van der Waals surface area contributed by atoms with E-state index in [1.807, 2.05) is 36.4 Å². The molecule has 0 amide bonds. The summed E-state index contributed by atoms with van der Waals surface area (Å²) < 4.78 is 0. The summed E-state index contributed by atoms with van der Waals surface area (Å²) >= 11 is 0. The van der Waals surface area contributed by atoms with Crippen molar-refractivity contribution in [3.63, 3.8) is 0 Å². The van der Waals surface area contributed by atoms with E-state index in [0.29, 0.717) is 12.1 Å². The van der Waals surface area contributed by atoms with E-state index in [1.54, 1.807) is 13.0 Å². The maximum atomic E-state index is 10.8. The molecule has 0 saturated heterocycles. The maximum Gasteiger partial charge on any atom is 0.333 e. The molecule has 0 spiro atoms. The molecule has 0 bridgehead atoms. The summed E-state index contributed by atoms with van der Waals surface area (Å²) in [7, 11) is 0. The van der Waals surface area contributed by atoms with Gasteiger partial charge in [0.05, 0.1) is 5.57 Å². The van der Waals surface area contributed by atoms with Gasteiger partial charge in [0.1, 0.15) is 0 Å². The highest BCUT2D eigenvalue weighted by Crippen LogP contribution is 2.08. The van der Waals surface area contributed by atoms with Crippen molar-refractivity contribution in [1.29, 1.82) is 0 Å². The fourth-order valence-electron chi connectivity index (χ4n) is 1.29. The van der Waals surface area contributed by atoms with Crippen molar-refractivity contribution in [3.8, 4) is 0 Å². The van der Waals surface area contributed by atoms with Gasteiger partial charge in [0, 0.05) is 5.70 Å². The highest BCUT2D eigenvalue weighted by atomic mass is 16.4. The molecule has 0 aliphatic heterocycles. The molecule has 3 nitrogen and oxygen atoms in total. The van der Waals surface area contributed by atoms with Gasteiger partial charge in [-0.1, -0.05) is 42.5 Å². The number of nitrogens with two attached hydrogens (primary N) is 1. The van der Waals surface area contributed by atoms with Gasteiger partial charge >= 0.3 is 5.97 Å². The van der Waals surface area contributed by atoms with Crippen LogP contribution in [0.3, 0.4) is 0 Å². The number of aliphatic carboxylic acids is 1. The van der Waals surface area contributed by atoms with Crippen LogP contribution in [0.25, 0.3) is 6.08 Å². The Morgan fingerprint density at radius 2 is 2.00 bits per heavy atom. The number of carboxylic acid groups (broad SMARTS) is 1. The van der Waals surface area contributed by atoms with Crippen LogP contribution in [-0.2, 0) is 4.79 Å². The zero-order valence-corrected chi connectivity index (χ0v) is 9.18. The zero-order valence-electron chi connectivity index (χ0n) is 9.18. The lowest BCUT2D eigenvalue weighted by Gasteiger charge is -2.00. The topological polar surface area (TPSA) is 63.3 Å². The Hall–Kier alpha value is -2.03. The molecule has 0 aromatic heterocycles. The summed E-state index contributed by atoms with van der Waals surface area (Å²) in [5.74, 6) is -0.960. The van der Waals surface area contributed by atoms with E-state index in [-0.39, 0.29) is 5.57 Å². The van der Waals surface area contributed by atoms with Gasteiger partial charge in [-0.15, -0.1) is 0 Å². The lowest BCUT2D eigenvalue weighted by Crippen LogP contribution is -2.07. The Morgan fingerprint density at radius 3 is 2.50 bits per heavy atom. The van der Waals surface area contributed by atoms with Crippen LogP contribution in [0.4, 0.5) is 0 Å². The van der Waals surface area contributed by atoms with Gasteiger partial charge in [0.25, 0.3) is 0 Å². The molecule has 0 heterocycles. The first-order valence-electron chi connectivity index (χ1n) is 5.01. The molecule has 0 aliphatic carbocycles. The van der Waals surface area contributed by atoms with Gasteiger partial charge in [0.2, 0.25) is 0 Å². The number of allylic oxidation sites excluding steroid dienone is 2. The van der Waals surface area contributed by atoms with E-state index in [2.05, 4.69) is 0 Å². The van der Waals surface area contributed by atoms with Gasteiger partial charge in [-0.3, -0.25) is 0 Å². The Kier molecular flexibility index (Phi) is 4.33. The minimum atomic E-state index is -0.960. The van der Waals surface area contributed by atoms with E-state index in [4.69, 9.17) is 10.8 Å². The van der Waals surface area contributed by atoms with Crippen LogP contribution in [0.5, 0.6) is 0 Å². The molecule has 1 aromatic rings. The Bertz CT molecular complexity index is 415. The smallest absolute Gasteiger partial charge is 0.333 e. The SMILES string of the molecule is C/C(N)=C(\C/C=C/c1ccccc1)C(=O)O. The van der Waals surface area contributed by atoms with E-state index < -0.39 is 5.97 Å². The monoisotopic (exact) mass is 217 g/mol. The van der Waals surface area contributed by atoms with Crippen LogP contribution in [0, 0.1) is 0 Å². The summed E-state index contributed by atoms with van der Waals surface area (Å²) in [4.78, 5) is 10.8. The predicted octanol–water partition coefficient (Wildman–Crippen LogP) is 2.41. The molecule has 0 radical (unpaired) electrons. The quantitative estimate of drug-likeness (QED) is 0.761.